The molecule has 1 atom stereocenters. The van der Waals surface area contributed by atoms with Crippen molar-refractivity contribution in [3.63, 3.8) is 0 Å². The summed E-state index contributed by atoms with van der Waals surface area (Å²) in [4.78, 5) is 0. The highest BCUT2D eigenvalue weighted by Crippen LogP contribution is 2.28. The molecule has 1 N–H and O–H groups in total. The Morgan fingerprint density at radius 2 is 2.00 bits per heavy atom. The lowest BCUT2D eigenvalue weighted by molar-refractivity contribution is -0.143. The number of methoxy groups -OCH3 is 1. The van der Waals surface area contributed by atoms with Gasteiger partial charge >= 0.3 is 0 Å². The van der Waals surface area contributed by atoms with E-state index in [1.54, 1.807) is 7.11 Å². The molecular formula is C13H27NO2. The van der Waals surface area contributed by atoms with Gasteiger partial charge in [-0.3, -0.25) is 0 Å². The van der Waals surface area contributed by atoms with E-state index in [0.717, 1.165) is 32.4 Å². The number of rotatable bonds is 5. The van der Waals surface area contributed by atoms with Crippen molar-refractivity contribution in [2.75, 3.05) is 20.2 Å². The van der Waals surface area contributed by atoms with Gasteiger partial charge in [-0.15, -0.1) is 0 Å². The first kappa shape index (κ1) is 13.9. The third kappa shape index (κ3) is 3.44. The summed E-state index contributed by atoms with van der Waals surface area (Å²) >= 11 is 0. The molecule has 1 rings (SSSR count). The van der Waals surface area contributed by atoms with Crippen molar-refractivity contribution in [3.8, 4) is 0 Å². The van der Waals surface area contributed by atoms with Gasteiger partial charge in [-0.25, -0.2) is 0 Å². The van der Waals surface area contributed by atoms with E-state index in [-0.39, 0.29) is 17.3 Å². The van der Waals surface area contributed by atoms with Crippen LogP contribution in [0.15, 0.2) is 0 Å². The van der Waals surface area contributed by atoms with E-state index in [9.17, 15) is 0 Å². The minimum absolute atomic E-state index is 0.0345. The van der Waals surface area contributed by atoms with Gasteiger partial charge < -0.3 is 14.8 Å². The molecule has 1 unspecified atom stereocenters. The van der Waals surface area contributed by atoms with E-state index in [1.807, 2.05) is 0 Å². The van der Waals surface area contributed by atoms with Crippen LogP contribution in [0.4, 0.5) is 0 Å². The van der Waals surface area contributed by atoms with Crippen LogP contribution in [0.1, 0.15) is 47.0 Å². The van der Waals surface area contributed by atoms with Crippen molar-refractivity contribution < 1.29 is 9.47 Å². The Kier molecular flexibility index (Phi) is 4.77. The van der Waals surface area contributed by atoms with Crippen LogP contribution in [0, 0.1) is 0 Å². The highest BCUT2D eigenvalue weighted by Gasteiger charge is 2.36. The third-order valence-electron chi connectivity index (χ3n) is 3.80. The van der Waals surface area contributed by atoms with Gasteiger partial charge in [-0.05, 0) is 26.7 Å². The molecular weight excluding hydrogens is 202 g/mol. The second-order valence-electron chi connectivity index (χ2n) is 5.43. The molecule has 1 fully saturated rings. The molecule has 16 heavy (non-hydrogen) atoms. The summed E-state index contributed by atoms with van der Waals surface area (Å²) in [5.41, 5.74) is -0.0658. The number of morpholine rings is 1. The van der Waals surface area contributed by atoms with Gasteiger partial charge in [0, 0.05) is 26.6 Å². The van der Waals surface area contributed by atoms with Crippen molar-refractivity contribution >= 4 is 0 Å². The largest absolute Gasteiger partial charge is 0.379 e. The molecule has 0 aromatic carbocycles. The zero-order chi connectivity index (χ0) is 12.2. The zero-order valence-electron chi connectivity index (χ0n) is 11.4. The van der Waals surface area contributed by atoms with Gasteiger partial charge in [0.2, 0.25) is 0 Å². The Morgan fingerprint density at radius 3 is 2.50 bits per heavy atom. The molecule has 0 amide bonds. The van der Waals surface area contributed by atoms with Gasteiger partial charge in [-0.1, -0.05) is 13.8 Å². The fourth-order valence-corrected chi connectivity index (χ4v) is 2.31. The molecule has 0 aliphatic carbocycles. The molecule has 96 valence electrons. The first-order chi connectivity index (χ1) is 7.47. The van der Waals surface area contributed by atoms with Crippen LogP contribution in [0.5, 0.6) is 0 Å². The average molecular weight is 229 g/mol. The van der Waals surface area contributed by atoms with Crippen molar-refractivity contribution in [1.29, 1.82) is 0 Å². The van der Waals surface area contributed by atoms with Gasteiger partial charge in [0.25, 0.3) is 0 Å². The van der Waals surface area contributed by atoms with E-state index < -0.39 is 0 Å². The van der Waals surface area contributed by atoms with Gasteiger partial charge in [0.05, 0.1) is 17.3 Å². The summed E-state index contributed by atoms with van der Waals surface area (Å²) in [6, 6.07) is 0. The van der Waals surface area contributed by atoms with E-state index in [0.29, 0.717) is 0 Å². The highest BCUT2D eigenvalue weighted by atomic mass is 16.5. The Labute approximate surface area is 99.9 Å². The smallest absolute Gasteiger partial charge is 0.0805 e. The summed E-state index contributed by atoms with van der Waals surface area (Å²) in [6.45, 7) is 10.6. The average Bonchev–Trinajstić information content (AvgIpc) is 2.28. The predicted octanol–water partition coefficient (Wildman–Crippen LogP) is 2.35. The summed E-state index contributed by atoms with van der Waals surface area (Å²) in [7, 11) is 1.77. The van der Waals surface area contributed by atoms with E-state index in [1.165, 1.54) is 0 Å². The second-order valence-corrected chi connectivity index (χ2v) is 5.43. The number of ether oxygens (including phenoxy) is 2. The maximum absolute atomic E-state index is 6.27. The predicted molar refractivity (Wildman–Crippen MR) is 66.8 cm³/mol. The van der Waals surface area contributed by atoms with Gasteiger partial charge in [0.1, 0.15) is 0 Å². The van der Waals surface area contributed by atoms with Crippen LogP contribution in [-0.2, 0) is 9.47 Å². The maximum atomic E-state index is 6.27. The van der Waals surface area contributed by atoms with Crippen molar-refractivity contribution in [2.45, 2.75) is 64.3 Å². The number of hydrogen-bond donors (Lipinski definition) is 1. The van der Waals surface area contributed by atoms with Crippen LogP contribution in [0.3, 0.4) is 0 Å². The molecule has 0 aromatic heterocycles. The van der Waals surface area contributed by atoms with Crippen molar-refractivity contribution in [3.05, 3.63) is 0 Å². The highest BCUT2D eigenvalue weighted by molar-refractivity contribution is 4.89. The molecule has 0 saturated carbocycles. The molecule has 0 spiro atoms. The monoisotopic (exact) mass is 229 g/mol. The lowest BCUT2D eigenvalue weighted by Gasteiger charge is -2.42. The summed E-state index contributed by atoms with van der Waals surface area (Å²) in [5, 5.41) is 3.49. The van der Waals surface area contributed by atoms with Crippen LogP contribution >= 0.6 is 0 Å². The molecule has 1 heterocycles. The van der Waals surface area contributed by atoms with E-state index in [4.69, 9.17) is 9.47 Å². The van der Waals surface area contributed by atoms with Crippen LogP contribution in [-0.4, -0.2) is 37.5 Å². The first-order valence-electron chi connectivity index (χ1n) is 6.40. The lowest BCUT2D eigenvalue weighted by atomic mass is 9.92. The van der Waals surface area contributed by atoms with Gasteiger partial charge in [0.15, 0.2) is 0 Å². The normalized spacial score (nSPS) is 25.7. The molecule has 3 heteroatoms. The maximum Gasteiger partial charge on any atom is 0.0805 e. The van der Waals surface area contributed by atoms with Crippen LogP contribution in [0.2, 0.25) is 0 Å². The van der Waals surface area contributed by atoms with E-state index in [2.05, 4.69) is 33.0 Å². The minimum atomic E-state index is -0.100. The Morgan fingerprint density at radius 1 is 1.38 bits per heavy atom. The second kappa shape index (κ2) is 5.48. The molecule has 0 bridgehead atoms. The minimum Gasteiger partial charge on any atom is -0.379 e. The quantitative estimate of drug-likeness (QED) is 0.785. The lowest BCUT2D eigenvalue weighted by Crippen LogP contribution is -2.54. The first-order valence-corrected chi connectivity index (χ1v) is 6.40. The summed E-state index contributed by atoms with van der Waals surface area (Å²) in [5.74, 6) is 0. The third-order valence-corrected chi connectivity index (χ3v) is 3.80. The number of nitrogens with one attached hydrogen (secondary N) is 1. The summed E-state index contributed by atoms with van der Waals surface area (Å²) < 4.78 is 11.7. The summed E-state index contributed by atoms with van der Waals surface area (Å²) in [6.07, 6.45) is 3.35. The van der Waals surface area contributed by atoms with Gasteiger partial charge in [-0.2, -0.15) is 0 Å². The van der Waals surface area contributed by atoms with Crippen LogP contribution < -0.4 is 5.32 Å². The number of hydrogen-bond acceptors (Lipinski definition) is 3. The van der Waals surface area contributed by atoms with Crippen molar-refractivity contribution in [2.24, 2.45) is 0 Å². The van der Waals surface area contributed by atoms with Crippen LogP contribution in [0.25, 0.3) is 0 Å². The zero-order valence-corrected chi connectivity index (χ0v) is 11.4. The Hall–Kier alpha value is -0.120. The molecule has 0 aromatic rings. The fraction of sp³-hybridized carbons (Fsp3) is 1.00. The fourth-order valence-electron chi connectivity index (χ4n) is 2.31. The Balaban J connectivity index is 2.57. The SMILES string of the molecule is CCC1(CC)CNCC(CC(C)(C)OC)O1. The molecule has 1 aliphatic rings. The molecule has 0 radical (unpaired) electrons. The standard InChI is InChI=1S/C13H27NO2/c1-6-13(7-2)10-14-9-11(16-13)8-12(3,4)15-5/h11,14H,6-10H2,1-5H3. The molecule has 1 aliphatic heterocycles. The topological polar surface area (TPSA) is 30.5 Å². The van der Waals surface area contributed by atoms with Crippen molar-refractivity contribution in [1.82, 2.24) is 5.32 Å². The van der Waals surface area contributed by atoms with E-state index >= 15 is 0 Å². The molecule has 1 saturated heterocycles. The molecule has 3 nitrogen and oxygen atoms in total. The Bertz CT molecular complexity index is 212.